The van der Waals surface area contributed by atoms with E-state index in [4.69, 9.17) is 9.47 Å². The van der Waals surface area contributed by atoms with Crippen molar-refractivity contribution in [2.45, 2.75) is 13.5 Å². The molecule has 1 aromatic heterocycles. The van der Waals surface area contributed by atoms with Crippen molar-refractivity contribution in [2.75, 3.05) is 13.7 Å². The molecule has 0 saturated heterocycles. The molecule has 0 bridgehead atoms. The van der Waals surface area contributed by atoms with Gasteiger partial charge >= 0.3 is 5.97 Å². The zero-order valence-corrected chi connectivity index (χ0v) is 8.32. The second-order valence-electron chi connectivity index (χ2n) is 2.65. The van der Waals surface area contributed by atoms with Gasteiger partial charge in [-0.05, 0) is 19.1 Å². The predicted octanol–water partition coefficient (Wildman–Crippen LogP) is 1.40. The molecule has 0 fully saturated rings. The first kappa shape index (κ1) is 10.7. The number of carbonyl (C=O) groups is 1. The Hall–Kier alpha value is -1.42. The molecule has 0 aliphatic heterocycles. The lowest BCUT2D eigenvalue weighted by atomic mass is 10.2. The van der Waals surface area contributed by atoms with Crippen LogP contribution in [0.2, 0.25) is 0 Å². The second kappa shape index (κ2) is 5.34. The van der Waals surface area contributed by atoms with Crippen LogP contribution >= 0.6 is 0 Å². The lowest BCUT2D eigenvalue weighted by Crippen LogP contribution is -2.09. The Kier molecular flexibility index (Phi) is 4.07. The summed E-state index contributed by atoms with van der Waals surface area (Å²) in [6.07, 6.45) is 1.62. The van der Waals surface area contributed by atoms with Crippen molar-refractivity contribution < 1.29 is 14.3 Å². The van der Waals surface area contributed by atoms with Crippen molar-refractivity contribution >= 4 is 5.97 Å². The third-order valence-electron chi connectivity index (χ3n) is 1.67. The van der Waals surface area contributed by atoms with Gasteiger partial charge in [0.25, 0.3) is 0 Å². The van der Waals surface area contributed by atoms with Gasteiger partial charge in [-0.25, -0.2) is 4.79 Å². The zero-order valence-electron chi connectivity index (χ0n) is 8.32. The maximum absolute atomic E-state index is 11.4. The van der Waals surface area contributed by atoms with Crippen LogP contribution in [0.3, 0.4) is 0 Å². The van der Waals surface area contributed by atoms with Crippen LogP contribution in [0.4, 0.5) is 0 Å². The molecule has 0 radical (unpaired) electrons. The molecule has 0 aromatic carbocycles. The molecule has 4 heteroatoms. The Morgan fingerprint density at radius 3 is 3.00 bits per heavy atom. The molecule has 0 aliphatic rings. The van der Waals surface area contributed by atoms with Crippen LogP contribution in [0.5, 0.6) is 0 Å². The minimum Gasteiger partial charge on any atom is -0.462 e. The van der Waals surface area contributed by atoms with E-state index in [-0.39, 0.29) is 5.97 Å². The van der Waals surface area contributed by atoms with Gasteiger partial charge < -0.3 is 9.47 Å². The maximum atomic E-state index is 11.4. The fraction of sp³-hybridized carbons (Fsp3) is 0.400. The number of hydrogen-bond donors (Lipinski definition) is 0. The topological polar surface area (TPSA) is 48.4 Å². The SMILES string of the molecule is CCOC(=O)c1cccnc1COC. The fourth-order valence-electron chi connectivity index (χ4n) is 1.08. The number of esters is 1. The van der Waals surface area contributed by atoms with Crippen LogP contribution in [-0.2, 0) is 16.1 Å². The van der Waals surface area contributed by atoms with Gasteiger partial charge in [-0.15, -0.1) is 0 Å². The van der Waals surface area contributed by atoms with Crippen LogP contribution in [0, 0.1) is 0 Å². The molecule has 4 nitrogen and oxygen atoms in total. The van der Waals surface area contributed by atoms with Crippen LogP contribution < -0.4 is 0 Å². The summed E-state index contributed by atoms with van der Waals surface area (Å²) in [5.74, 6) is -0.354. The van der Waals surface area contributed by atoms with Gasteiger partial charge in [0.15, 0.2) is 0 Å². The lowest BCUT2D eigenvalue weighted by molar-refractivity contribution is 0.0520. The Labute approximate surface area is 82.9 Å². The highest BCUT2D eigenvalue weighted by molar-refractivity contribution is 5.90. The van der Waals surface area contributed by atoms with Gasteiger partial charge in [-0.3, -0.25) is 4.98 Å². The molecule has 0 atom stereocenters. The summed E-state index contributed by atoms with van der Waals surface area (Å²) in [7, 11) is 1.56. The molecule has 0 unspecified atom stereocenters. The molecule has 0 amide bonds. The van der Waals surface area contributed by atoms with E-state index in [1.165, 1.54) is 0 Å². The number of nitrogens with zero attached hydrogens (tertiary/aromatic N) is 1. The van der Waals surface area contributed by atoms with E-state index in [0.29, 0.717) is 24.5 Å². The molecule has 0 N–H and O–H groups in total. The van der Waals surface area contributed by atoms with E-state index in [9.17, 15) is 4.79 Å². The first-order valence-corrected chi connectivity index (χ1v) is 4.39. The van der Waals surface area contributed by atoms with Crippen molar-refractivity contribution in [1.29, 1.82) is 0 Å². The molecule has 1 rings (SSSR count). The van der Waals surface area contributed by atoms with Crippen molar-refractivity contribution in [2.24, 2.45) is 0 Å². The highest BCUT2D eigenvalue weighted by Gasteiger charge is 2.12. The smallest absolute Gasteiger partial charge is 0.340 e. The van der Waals surface area contributed by atoms with E-state index in [1.54, 1.807) is 32.4 Å². The summed E-state index contributed by atoms with van der Waals surface area (Å²) in [6.45, 7) is 2.44. The molecular formula is C10H13NO3. The number of rotatable bonds is 4. The van der Waals surface area contributed by atoms with E-state index in [2.05, 4.69) is 4.98 Å². The normalized spacial score (nSPS) is 9.86. The van der Waals surface area contributed by atoms with Crippen molar-refractivity contribution in [1.82, 2.24) is 4.98 Å². The minimum absolute atomic E-state index is 0.314. The number of carbonyl (C=O) groups excluding carboxylic acids is 1. The first-order chi connectivity index (χ1) is 6.79. The van der Waals surface area contributed by atoms with E-state index >= 15 is 0 Å². The summed E-state index contributed by atoms with van der Waals surface area (Å²) in [6, 6.07) is 3.38. The largest absolute Gasteiger partial charge is 0.462 e. The predicted molar refractivity (Wildman–Crippen MR) is 50.9 cm³/mol. The average Bonchev–Trinajstić information content (AvgIpc) is 2.19. The Morgan fingerprint density at radius 2 is 2.36 bits per heavy atom. The molecule has 1 heterocycles. The number of methoxy groups -OCH3 is 1. The Balaban J connectivity index is 2.88. The van der Waals surface area contributed by atoms with E-state index < -0.39 is 0 Å². The monoisotopic (exact) mass is 195 g/mol. The van der Waals surface area contributed by atoms with Crippen LogP contribution in [0.15, 0.2) is 18.3 Å². The molecule has 76 valence electrons. The standard InChI is InChI=1S/C10H13NO3/c1-3-14-10(12)8-5-4-6-11-9(8)7-13-2/h4-6H,3,7H2,1-2H3. The van der Waals surface area contributed by atoms with Gasteiger partial charge in [-0.1, -0.05) is 0 Å². The van der Waals surface area contributed by atoms with Gasteiger partial charge in [0.1, 0.15) is 0 Å². The molecular weight excluding hydrogens is 182 g/mol. The number of hydrogen-bond acceptors (Lipinski definition) is 4. The fourth-order valence-corrected chi connectivity index (χ4v) is 1.08. The average molecular weight is 195 g/mol. The third-order valence-corrected chi connectivity index (χ3v) is 1.67. The number of pyridine rings is 1. The summed E-state index contributed by atoms with van der Waals surface area (Å²) in [4.78, 5) is 15.5. The molecule has 0 spiro atoms. The van der Waals surface area contributed by atoms with Crippen molar-refractivity contribution in [3.63, 3.8) is 0 Å². The highest BCUT2D eigenvalue weighted by atomic mass is 16.5. The summed E-state index contributed by atoms with van der Waals surface area (Å²) in [5, 5.41) is 0. The van der Waals surface area contributed by atoms with Crippen LogP contribution in [0.1, 0.15) is 23.0 Å². The molecule has 14 heavy (non-hydrogen) atoms. The Bertz CT molecular complexity index is 312. The van der Waals surface area contributed by atoms with Crippen molar-refractivity contribution in [3.8, 4) is 0 Å². The maximum Gasteiger partial charge on any atom is 0.340 e. The molecule has 0 aliphatic carbocycles. The Morgan fingerprint density at radius 1 is 1.57 bits per heavy atom. The van der Waals surface area contributed by atoms with Gasteiger partial charge in [0.2, 0.25) is 0 Å². The highest BCUT2D eigenvalue weighted by Crippen LogP contribution is 2.08. The van der Waals surface area contributed by atoms with Crippen LogP contribution in [0.25, 0.3) is 0 Å². The van der Waals surface area contributed by atoms with Crippen molar-refractivity contribution in [3.05, 3.63) is 29.6 Å². The summed E-state index contributed by atoms with van der Waals surface area (Å²) in [5.41, 5.74) is 1.07. The minimum atomic E-state index is -0.354. The number of aromatic nitrogens is 1. The second-order valence-corrected chi connectivity index (χ2v) is 2.65. The third kappa shape index (κ3) is 2.53. The van der Waals surface area contributed by atoms with E-state index in [1.807, 2.05) is 0 Å². The molecule has 1 aromatic rings. The molecule has 0 saturated carbocycles. The first-order valence-electron chi connectivity index (χ1n) is 4.39. The summed E-state index contributed by atoms with van der Waals surface area (Å²) < 4.78 is 9.81. The van der Waals surface area contributed by atoms with Gasteiger partial charge in [0, 0.05) is 13.3 Å². The van der Waals surface area contributed by atoms with Gasteiger partial charge in [0.05, 0.1) is 24.5 Å². The van der Waals surface area contributed by atoms with Crippen LogP contribution in [-0.4, -0.2) is 24.7 Å². The van der Waals surface area contributed by atoms with E-state index in [0.717, 1.165) is 0 Å². The lowest BCUT2D eigenvalue weighted by Gasteiger charge is -2.06. The zero-order chi connectivity index (χ0) is 10.4. The summed E-state index contributed by atoms with van der Waals surface area (Å²) >= 11 is 0. The quantitative estimate of drug-likeness (QED) is 0.681. The number of ether oxygens (including phenoxy) is 2. The van der Waals surface area contributed by atoms with Gasteiger partial charge in [-0.2, -0.15) is 0 Å².